The van der Waals surface area contributed by atoms with Crippen LogP contribution in [0.4, 0.5) is 0 Å². The Labute approximate surface area is 138 Å². The van der Waals surface area contributed by atoms with Crippen LogP contribution < -0.4 is 5.32 Å². The largest absolute Gasteiger partial charge is 0.306 e. The van der Waals surface area contributed by atoms with Crippen LogP contribution >= 0.6 is 22.6 Å². The molecule has 0 radical (unpaired) electrons. The number of aromatic nitrogens is 1. The molecule has 0 amide bonds. The summed E-state index contributed by atoms with van der Waals surface area (Å²) in [5.74, 6) is 0. The molecular formula is C18H17IN2. The third-order valence-electron chi connectivity index (χ3n) is 3.65. The Kier molecular flexibility index (Phi) is 4.51. The number of nitrogens with one attached hydrogen (secondary N) is 1. The SMILES string of the molecule is CC(NCc1ccc2ncccc2c1)c1ccc(I)cc1. The molecule has 3 aromatic rings. The van der Waals surface area contributed by atoms with Crippen molar-refractivity contribution in [3.63, 3.8) is 0 Å². The van der Waals surface area contributed by atoms with Gasteiger partial charge in [-0.2, -0.15) is 0 Å². The van der Waals surface area contributed by atoms with Crippen LogP contribution in [-0.4, -0.2) is 4.98 Å². The van der Waals surface area contributed by atoms with Crippen LogP contribution in [0.2, 0.25) is 0 Å². The van der Waals surface area contributed by atoms with E-state index in [0.717, 1.165) is 12.1 Å². The van der Waals surface area contributed by atoms with Crippen molar-refractivity contribution < 1.29 is 0 Å². The number of hydrogen-bond acceptors (Lipinski definition) is 2. The van der Waals surface area contributed by atoms with Gasteiger partial charge in [-0.1, -0.05) is 24.3 Å². The zero-order chi connectivity index (χ0) is 14.7. The van der Waals surface area contributed by atoms with Crippen LogP contribution in [-0.2, 0) is 6.54 Å². The molecule has 1 atom stereocenters. The predicted molar refractivity (Wildman–Crippen MR) is 96.2 cm³/mol. The third kappa shape index (κ3) is 3.60. The van der Waals surface area contributed by atoms with Crippen molar-refractivity contribution in [1.29, 1.82) is 0 Å². The molecule has 2 nitrogen and oxygen atoms in total. The first-order valence-electron chi connectivity index (χ1n) is 7.05. The maximum Gasteiger partial charge on any atom is 0.0702 e. The Bertz CT molecular complexity index is 738. The smallest absolute Gasteiger partial charge is 0.0702 e. The molecule has 0 bridgehead atoms. The van der Waals surface area contributed by atoms with Crippen molar-refractivity contribution in [2.75, 3.05) is 0 Å². The number of benzene rings is 2. The summed E-state index contributed by atoms with van der Waals surface area (Å²) in [5.41, 5.74) is 3.65. The van der Waals surface area contributed by atoms with Crippen LogP contribution in [0.15, 0.2) is 60.8 Å². The minimum atomic E-state index is 0.339. The highest BCUT2D eigenvalue weighted by Crippen LogP contribution is 2.17. The van der Waals surface area contributed by atoms with Crippen molar-refractivity contribution in [2.24, 2.45) is 0 Å². The first kappa shape index (κ1) is 14.5. The maximum absolute atomic E-state index is 4.35. The molecular weight excluding hydrogens is 371 g/mol. The normalized spacial score (nSPS) is 12.5. The van der Waals surface area contributed by atoms with Crippen LogP contribution in [0.3, 0.4) is 0 Å². The van der Waals surface area contributed by atoms with E-state index in [9.17, 15) is 0 Å². The maximum atomic E-state index is 4.35. The van der Waals surface area contributed by atoms with Gasteiger partial charge in [0.05, 0.1) is 5.52 Å². The first-order chi connectivity index (χ1) is 10.2. The van der Waals surface area contributed by atoms with E-state index in [1.807, 2.05) is 12.3 Å². The van der Waals surface area contributed by atoms with Gasteiger partial charge in [-0.15, -0.1) is 0 Å². The van der Waals surface area contributed by atoms with Crippen molar-refractivity contribution in [2.45, 2.75) is 19.5 Å². The van der Waals surface area contributed by atoms with Crippen LogP contribution in [0.25, 0.3) is 10.9 Å². The Morgan fingerprint density at radius 2 is 1.90 bits per heavy atom. The number of pyridine rings is 1. The second-order valence-electron chi connectivity index (χ2n) is 5.18. The molecule has 106 valence electrons. The zero-order valence-corrected chi connectivity index (χ0v) is 14.0. The summed E-state index contributed by atoms with van der Waals surface area (Å²) in [4.78, 5) is 4.35. The Balaban J connectivity index is 1.69. The van der Waals surface area contributed by atoms with Gasteiger partial charge in [0.1, 0.15) is 0 Å². The van der Waals surface area contributed by atoms with E-state index in [0.29, 0.717) is 6.04 Å². The number of hydrogen-bond donors (Lipinski definition) is 1. The summed E-state index contributed by atoms with van der Waals surface area (Å²) in [6.07, 6.45) is 1.83. The van der Waals surface area contributed by atoms with Crippen LogP contribution in [0.1, 0.15) is 24.1 Å². The van der Waals surface area contributed by atoms with E-state index >= 15 is 0 Å². The monoisotopic (exact) mass is 388 g/mol. The Morgan fingerprint density at radius 3 is 2.71 bits per heavy atom. The lowest BCUT2D eigenvalue weighted by Gasteiger charge is -2.14. The lowest BCUT2D eigenvalue weighted by atomic mass is 10.1. The molecule has 1 aromatic heterocycles. The van der Waals surface area contributed by atoms with E-state index in [4.69, 9.17) is 0 Å². The molecule has 2 aromatic carbocycles. The average molecular weight is 388 g/mol. The lowest BCUT2D eigenvalue weighted by Crippen LogP contribution is -2.18. The topological polar surface area (TPSA) is 24.9 Å². The molecule has 0 aliphatic heterocycles. The Hall–Kier alpha value is -1.46. The second kappa shape index (κ2) is 6.54. The van der Waals surface area contributed by atoms with Gasteiger partial charge in [0.25, 0.3) is 0 Å². The van der Waals surface area contributed by atoms with Gasteiger partial charge in [0.2, 0.25) is 0 Å². The molecule has 1 N–H and O–H groups in total. The first-order valence-corrected chi connectivity index (χ1v) is 8.13. The Morgan fingerprint density at radius 1 is 1.10 bits per heavy atom. The van der Waals surface area contributed by atoms with Crippen LogP contribution in [0.5, 0.6) is 0 Å². The van der Waals surface area contributed by atoms with E-state index in [-0.39, 0.29) is 0 Å². The number of nitrogens with zero attached hydrogens (tertiary/aromatic N) is 1. The van der Waals surface area contributed by atoms with Crippen molar-refractivity contribution in [3.05, 3.63) is 75.5 Å². The van der Waals surface area contributed by atoms with Crippen molar-refractivity contribution in [3.8, 4) is 0 Å². The molecule has 0 spiro atoms. The van der Waals surface area contributed by atoms with E-state index in [1.54, 1.807) is 0 Å². The average Bonchev–Trinajstić information content (AvgIpc) is 2.53. The number of fused-ring (bicyclic) bond motifs is 1. The van der Waals surface area contributed by atoms with Gasteiger partial charge in [-0.25, -0.2) is 0 Å². The minimum Gasteiger partial charge on any atom is -0.306 e. The van der Waals surface area contributed by atoms with E-state index < -0.39 is 0 Å². The molecule has 0 aliphatic carbocycles. The van der Waals surface area contributed by atoms with Gasteiger partial charge in [-0.05, 0) is 71.0 Å². The van der Waals surface area contributed by atoms with E-state index in [2.05, 4.69) is 88.3 Å². The summed E-state index contributed by atoms with van der Waals surface area (Å²) in [6, 6.07) is 19.5. The van der Waals surface area contributed by atoms with Gasteiger partial charge < -0.3 is 5.32 Å². The molecule has 3 rings (SSSR count). The fourth-order valence-corrected chi connectivity index (χ4v) is 2.73. The third-order valence-corrected chi connectivity index (χ3v) is 4.37. The van der Waals surface area contributed by atoms with Crippen LogP contribution in [0, 0.1) is 3.57 Å². The standard InChI is InChI=1S/C18H17IN2/c1-13(15-5-7-17(19)8-6-15)21-12-14-4-9-18-16(11-14)3-2-10-20-18/h2-11,13,21H,12H2,1H3. The number of rotatable bonds is 4. The molecule has 0 saturated heterocycles. The molecule has 0 saturated carbocycles. The fraction of sp³-hybridized carbons (Fsp3) is 0.167. The summed E-state index contributed by atoms with van der Waals surface area (Å²) in [6.45, 7) is 3.06. The molecule has 0 aliphatic rings. The van der Waals surface area contributed by atoms with Gasteiger partial charge in [-0.3, -0.25) is 4.98 Å². The molecule has 1 heterocycles. The van der Waals surface area contributed by atoms with Crippen molar-refractivity contribution >= 4 is 33.5 Å². The molecule has 3 heteroatoms. The highest BCUT2D eigenvalue weighted by molar-refractivity contribution is 14.1. The summed E-state index contributed by atoms with van der Waals surface area (Å²) in [7, 11) is 0. The number of halogens is 1. The summed E-state index contributed by atoms with van der Waals surface area (Å²) < 4.78 is 1.27. The summed E-state index contributed by atoms with van der Waals surface area (Å²) in [5, 5.41) is 4.77. The quantitative estimate of drug-likeness (QED) is 0.656. The molecule has 0 fully saturated rings. The minimum absolute atomic E-state index is 0.339. The van der Waals surface area contributed by atoms with Gasteiger partial charge in [0.15, 0.2) is 0 Å². The van der Waals surface area contributed by atoms with Crippen molar-refractivity contribution in [1.82, 2.24) is 10.3 Å². The highest BCUT2D eigenvalue weighted by atomic mass is 127. The molecule has 21 heavy (non-hydrogen) atoms. The van der Waals surface area contributed by atoms with E-state index in [1.165, 1.54) is 20.1 Å². The predicted octanol–water partition coefficient (Wildman–Crippen LogP) is 4.69. The zero-order valence-electron chi connectivity index (χ0n) is 11.9. The summed E-state index contributed by atoms with van der Waals surface area (Å²) >= 11 is 2.33. The second-order valence-corrected chi connectivity index (χ2v) is 6.43. The lowest BCUT2D eigenvalue weighted by molar-refractivity contribution is 0.575. The highest BCUT2D eigenvalue weighted by Gasteiger charge is 2.05. The molecule has 1 unspecified atom stereocenters. The van der Waals surface area contributed by atoms with Gasteiger partial charge >= 0.3 is 0 Å². The fourth-order valence-electron chi connectivity index (χ4n) is 2.38. The van der Waals surface area contributed by atoms with Gasteiger partial charge in [0, 0.05) is 27.7 Å².